The summed E-state index contributed by atoms with van der Waals surface area (Å²) in [6.45, 7) is 23.3. The molecule has 5 aliphatic rings. The van der Waals surface area contributed by atoms with E-state index < -0.39 is 15.8 Å². The number of rotatable bonds is 11. The molecule has 0 aliphatic heterocycles. The maximum atomic E-state index is 11.7. The van der Waals surface area contributed by atoms with Crippen LogP contribution < -0.4 is 5.32 Å². The van der Waals surface area contributed by atoms with E-state index in [0.717, 1.165) is 26.1 Å². The lowest BCUT2D eigenvalue weighted by Crippen LogP contribution is -2.65. The van der Waals surface area contributed by atoms with Crippen LogP contribution in [0.3, 0.4) is 0 Å². The zero-order valence-electron chi connectivity index (χ0n) is 32.4. The summed E-state index contributed by atoms with van der Waals surface area (Å²) in [5.74, 6) is 2.58. The molecule has 0 heterocycles. The maximum Gasteiger partial charge on any atom is 0.335 e. The quantitative estimate of drug-likeness (QED) is 0.177. The third-order valence-electron chi connectivity index (χ3n) is 16.3. The third kappa shape index (κ3) is 6.17. The first-order valence-corrected chi connectivity index (χ1v) is 21.6. The molecule has 1 aromatic rings. The number of sulfone groups is 1. The average molecular weight is 707 g/mol. The average Bonchev–Trinajstić information content (AvgIpc) is 3.42. The summed E-state index contributed by atoms with van der Waals surface area (Å²) in [4.78, 5) is 13.7. The van der Waals surface area contributed by atoms with E-state index in [0.29, 0.717) is 52.5 Å². The number of allylic oxidation sites excluding steroid dienone is 3. The number of carbonyl (C=O) groups is 1. The van der Waals surface area contributed by atoms with Crippen LogP contribution in [0.15, 0.2) is 42.5 Å². The van der Waals surface area contributed by atoms with Crippen molar-refractivity contribution in [2.75, 3.05) is 45.2 Å². The molecule has 0 spiro atoms. The van der Waals surface area contributed by atoms with Crippen molar-refractivity contribution in [3.05, 3.63) is 53.6 Å². The van der Waals surface area contributed by atoms with Crippen LogP contribution in [0.2, 0.25) is 0 Å². The first-order chi connectivity index (χ1) is 23.3. The predicted molar refractivity (Wildman–Crippen MR) is 206 cm³/mol. The van der Waals surface area contributed by atoms with Gasteiger partial charge in [-0.25, -0.2) is 13.2 Å². The standard InChI is InChI=1S/C43H66N2O4S/c1-29(2)32-16-21-43(28-44-24-25-45(8)26-27-50(9,48)49)23-22-41(6)34(37(32)43)14-15-36-40(5)19-17-33(30-10-12-31(13-11-30)38(46)47)39(3,4)35(40)18-20-42(36,41)7/h10-13,17,32,34-37,44H,1,14-16,18-28H2,2-9H3,(H,46,47). The van der Waals surface area contributed by atoms with Crippen LogP contribution >= 0.6 is 0 Å². The van der Waals surface area contributed by atoms with Gasteiger partial charge in [0.05, 0.1) is 11.3 Å². The predicted octanol–water partition coefficient (Wildman–Crippen LogP) is 8.60. The second-order valence-electron chi connectivity index (χ2n) is 19.1. The van der Waals surface area contributed by atoms with E-state index >= 15 is 0 Å². The Balaban J connectivity index is 1.23. The molecule has 1 aromatic carbocycles. The van der Waals surface area contributed by atoms with Crippen molar-refractivity contribution in [1.29, 1.82) is 0 Å². The maximum absolute atomic E-state index is 11.7. The van der Waals surface area contributed by atoms with Crippen LogP contribution in [0.25, 0.3) is 5.57 Å². The van der Waals surface area contributed by atoms with E-state index in [1.807, 2.05) is 19.2 Å². The summed E-state index contributed by atoms with van der Waals surface area (Å²) < 4.78 is 23.4. The molecule has 2 N–H and O–H groups in total. The van der Waals surface area contributed by atoms with E-state index in [1.165, 1.54) is 74.3 Å². The fourth-order valence-electron chi connectivity index (χ4n) is 13.5. The highest BCUT2D eigenvalue weighted by molar-refractivity contribution is 7.90. The zero-order chi connectivity index (χ0) is 36.5. The monoisotopic (exact) mass is 706 g/mol. The summed E-state index contributed by atoms with van der Waals surface area (Å²) in [7, 11) is -0.917. The zero-order valence-corrected chi connectivity index (χ0v) is 33.2. The molecule has 50 heavy (non-hydrogen) atoms. The number of likely N-dealkylation sites (N-methyl/N-ethyl adjacent to an activating group) is 1. The van der Waals surface area contributed by atoms with E-state index in [-0.39, 0.29) is 22.0 Å². The van der Waals surface area contributed by atoms with Gasteiger partial charge in [-0.05, 0) is 152 Å². The van der Waals surface area contributed by atoms with Crippen LogP contribution in [0.5, 0.6) is 0 Å². The molecule has 6 rings (SSSR count). The van der Waals surface area contributed by atoms with Gasteiger partial charge in [0.25, 0.3) is 0 Å². The highest BCUT2D eigenvalue weighted by Gasteiger charge is 2.70. The molecule has 0 aromatic heterocycles. The van der Waals surface area contributed by atoms with Crippen LogP contribution in [-0.4, -0.2) is 69.6 Å². The Morgan fingerprint density at radius 3 is 2.28 bits per heavy atom. The van der Waals surface area contributed by atoms with Gasteiger partial charge in [0.2, 0.25) is 0 Å². The van der Waals surface area contributed by atoms with Crippen molar-refractivity contribution < 1.29 is 18.3 Å². The van der Waals surface area contributed by atoms with Gasteiger partial charge in [0.15, 0.2) is 0 Å². The Kier molecular flexibility index (Phi) is 9.95. The molecule has 7 heteroatoms. The van der Waals surface area contributed by atoms with Gasteiger partial charge in [-0.2, -0.15) is 0 Å². The highest BCUT2D eigenvalue weighted by Crippen LogP contribution is 2.77. The number of aromatic carboxylic acids is 1. The van der Waals surface area contributed by atoms with E-state index in [9.17, 15) is 18.3 Å². The number of hydrogen-bond donors (Lipinski definition) is 2. The molecule has 0 bridgehead atoms. The molecular formula is C43H66N2O4S. The SMILES string of the molecule is C=C(C)C1CCC2(CNCCN(C)CCS(C)(=O)=O)CCC3(C)C(CCC4C5(C)CC=C(c6ccc(C(=O)O)cc6)C(C)(C)C5CCC43C)C12. The lowest BCUT2D eigenvalue weighted by atomic mass is 9.32. The number of nitrogens with zero attached hydrogens (tertiary/aromatic N) is 1. The largest absolute Gasteiger partial charge is 0.478 e. The summed E-state index contributed by atoms with van der Waals surface area (Å²) in [5.41, 5.74) is 5.44. The Bertz CT molecular complexity index is 1610. The lowest BCUT2D eigenvalue weighted by Gasteiger charge is -2.72. The summed E-state index contributed by atoms with van der Waals surface area (Å²) >= 11 is 0. The molecule has 4 saturated carbocycles. The van der Waals surface area contributed by atoms with Crippen molar-refractivity contribution in [1.82, 2.24) is 10.2 Å². The molecule has 278 valence electrons. The topological polar surface area (TPSA) is 86.7 Å². The van der Waals surface area contributed by atoms with Gasteiger partial charge >= 0.3 is 5.97 Å². The molecule has 6 nitrogen and oxygen atoms in total. The van der Waals surface area contributed by atoms with Crippen molar-refractivity contribution in [2.24, 2.45) is 56.7 Å². The molecule has 0 saturated heterocycles. The second-order valence-corrected chi connectivity index (χ2v) is 21.3. The van der Waals surface area contributed by atoms with Crippen molar-refractivity contribution in [2.45, 2.75) is 99.3 Å². The minimum atomic E-state index is -2.95. The second kappa shape index (κ2) is 13.2. The normalized spacial score (nSPS) is 39.1. The van der Waals surface area contributed by atoms with Gasteiger partial charge in [-0.3, -0.25) is 0 Å². The van der Waals surface area contributed by atoms with E-state index in [1.54, 1.807) is 12.1 Å². The van der Waals surface area contributed by atoms with Crippen molar-refractivity contribution >= 4 is 21.4 Å². The molecule has 5 aliphatic carbocycles. The summed E-state index contributed by atoms with van der Waals surface area (Å²) in [6, 6.07) is 7.59. The first-order valence-electron chi connectivity index (χ1n) is 19.6. The molecule has 4 fully saturated rings. The molecular weight excluding hydrogens is 641 g/mol. The van der Waals surface area contributed by atoms with Crippen LogP contribution in [0, 0.1) is 56.7 Å². The van der Waals surface area contributed by atoms with Crippen molar-refractivity contribution in [3.63, 3.8) is 0 Å². The van der Waals surface area contributed by atoms with E-state index in [2.05, 4.69) is 64.4 Å². The Morgan fingerprint density at radius 1 is 0.940 bits per heavy atom. The third-order valence-corrected chi connectivity index (χ3v) is 17.2. The fourth-order valence-corrected chi connectivity index (χ4v) is 14.2. The highest BCUT2D eigenvalue weighted by atomic mass is 32.2. The lowest BCUT2D eigenvalue weighted by molar-refractivity contribution is -0.225. The van der Waals surface area contributed by atoms with Crippen LogP contribution in [0.4, 0.5) is 0 Å². The minimum absolute atomic E-state index is 0.0135. The van der Waals surface area contributed by atoms with Crippen molar-refractivity contribution in [3.8, 4) is 0 Å². The fraction of sp³-hybridized carbons (Fsp3) is 0.744. The number of carboxylic acids is 1. The van der Waals surface area contributed by atoms with E-state index in [4.69, 9.17) is 0 Å². The smallest absolute Gasteiger partial charge is 0.335 e. The summed E-state index contributed by atoms with van der Waals surface area (Å²) in [5, 5.41) is 13.4. The Morgan fingerprint density at radius 2 is 1.64 bits per heavy atom. The van der Waals surface area contributed by atoms with Gasteiger partial charge in [0.1, 0.15) is 9.84 Å². The number of fused-ring (bicyclic) bond motifs is 7. The number of nitrogens with one attached hydrogen (secondary N) is 1. The molecule has 0 amide bonds. The molecule has 9 atom stereocenters. The molecule has 9 unspecified atom stereocenters. The summed E-state index contributed by atoms with van der Waals surface area (Å²) in [6.07, 6.45) is 15.3. The number of hydrogen-bond acceptors (Lipinski definition) is 5. The number of benzene rings is 1. The minimum Gasteiger partial charge on any atom is -0.478 e. The van der Waals surface area contributed by atoms with Gasteiger partial charge < -0.3 is 15.3 Å². The van der Waals surface area contributed by atoms with Crippen LogP contribution in [-0.2, 0) is 9.84 Å². The number of carboxylic acid groups (broad SMARTS) is 1. The molecule has 0 radical (unpaired) electrons. The van der Waals surface area contributed by atoms with Gasteiger partial charge in [0, 0.05) is 32.4 Å². The Hall–Kier alpha value is -1.96. The first kappa shape index (κ1) is 37.8. The Labute approximate surface area is 303 Å². The van der Waals surface area contributed by atoms with Crippen LogP contribution in [0.1, 0.15) is 115 Å². The van der Waals surface area contributed by atoms with Gasteiger partial charge in [-0.15, -0.1) is 0 Å². The van der Waals surface area contributed by atoms with Gasteiger partial charge in [-0.1, -0.05) is 65.0 Å².